The van der Waals surface area contributed by atoms with E-state index in [1.807, 2.05) is 0 Å². The minimum absolute atomic E-state index is 0.588. The molecular formula is C6H2ClF4N. The minimum Gasteiger partial charge on any atom is -0.216 e. The molecule has 0 saturated carbocycles. The molecule has 12 heavy (non-hydrogen) atoms. The van der Waals surface area contributed by atoms with E-state index in [-0.39, 0.29) is 0 Å². The first kappa shape index (κ1) is 9.25. The molecule has 0 spiro atoms. The molecule has 0 unspecified atom stereocenters. The number of nitrogens with zero attached hydrogens (tertiary/aromatic N) is 1. The van der Waals surface area contributed by atoms with E-state index in [2.05, 4.69) is 4.98 Å². The summed E-state index contributed by atoms with van der Waals surface area (Å²) in [4.78, 5) is 2.66. The second-order valence-corrected chi connectivity index (χ2v) is 2.34. The molecule has 0 aliphatic rings. The Morgan fingerprint density at radius 1 is 1.33 bits per heavy atom. The Hall–Kier alpha value is -0.840. The van der Waals surface area contributed by atoms with Crippen LogP contribution in [-0.2, 0) is 0 Å². The van der Waals surface area contributed by atoms with Crippen molar-refractivity contribution in [1.82, 2.24) is 4.98 Å². The number of hydrogen-bond acceptors (Lipinski definition) is 1. The van der Waals surface area contributed by atoms with Gasteiger partial charge in [0.1, 0.15) is 5.69 Å². The Bertz CT molecular complexity index is 279. The fourth-order valence-electron chi connectivity index (χ4n) is 0.598. The lowest BCUT2D eigenvalue weighted by Crippen LogP contribution is -1.97. The third-order valence-electron chi connectivity index (χ3n) is 1.12. The molecule has 1 aromatic rings. The van der Waals surface area contributed by atoms with Crippen molar-refractivity contribution in [2.75, 3.05) is 0 Å². The van der Waals surface area contributed by atoms with Crippen LogP contribution in [0.5, 0.6) is 0 Å². The van der Waals surface area contributed by atoms with Crippen LogP contribution in [0.1, 0.15) is 12.1 Å². The smallest absolute Gasteiger partial charge is 0.216 e. The maximum absolute atomic E-state index is 12.4. The molecule has 0 radical (unpaired) electrons. The Morgan fingerprint density at radius 3 is 2.33 bits per heavy atom. The number of pyridine rings is 1. The normalized spacial score (nSPS) is 10.8. The van der Waals surface area contributed by atoms with Crippen LogP contribution >= 0.6 is 11.6 Å². The standard InChI is InChI=1S/C6H2ClF4N/c7-2-1-3(5(9)10)12-6(11)4(2)8/h1,5H. The first-order valence-corrected chi connectivity index (χ1v) is 3.19. The summed E-state index contributed by atoms with van der Waals surface area (Å²) in [6.45, 7) is 0. The zero-order chi connectivity index (χ0) is 9.30. The maximum Gasteiger partial charge on any atom is 0.280 e. The molecule has 1 heterocycles. The lowest BCUT2D eigenvalue weighted by atomic mass is 10.3. The van der Waals surface area contributed by atoms with Gasteiger partial charge >= 0.3 is 0 Å². The number of aromatic nitrogens is 1. The SMILES string of the molecule is Fc1nc(C(F)F)cc(Cl)c1F. The average molecular weight is 200 g/mol. The van der Waals surface area contributed by atoms with Crippen molar-refractivity contribution in [3.05, 3.63) is 28.5 Å². The van der Waals surface area contributed by atoms with Crippen molar-refractivity contribution < 1.29 is 17.6 Å². The number of rotatable bonds is 1. The fraction of sp³-hybridized carbons (Fsp3) is 0.167. The molecule has 1 rings (SSSR count). The molecule has 0 amide bonds. The predicted octanol–water partition coefficient (Wildman–Crippen LogP) is 2.95. The van der Waals surface area contributed by atoms with Crippen LogP contribution in [0, 0.1) is 11.8 Å². The quantitative estimate of drug-likeness (QED) is 0.501. The van der Waals surface area contributed by atoms with Crippen molar-refractivity contribution >= 4 is 11.6 Å². The Labute approximate surface area is 70.0 Å². The highest BCUT2D eigenvalue weighted by Gasteiger charge is 2.16. The zero-order valence-electron chi connectivity index (χ0n) is 5.49. The Morgan fingerprint density at radius 2 is 1.92 bits per heavy atom. The topological polar surface area (TPSA) is 12.9 Å². The molecule has 0 fully saturated rings. The largest absolute Gasteiger partial charge is 0.280 e. The molecule has 0 atom stereocenters. The fourth-order valence-corrected chi connectivity index (χ4v) is 0.788. The van der Waals surface area contributed by atoms with E-state index >= 15 is 0 Å². The summed E-state index contributed by atoms with van der Waals surface area (Å²) in [7, 11) is 0. The number of alkyl halides is 2. The van der Waals surface area contributed by atoms with Crippen molar-refractivity contribution in [3.8, 4) is 0 Å². The summed E-state index contributed by atoms with van der Waals surface area (Å²) in [5.41, 5.74) is -0.876. The van der Waals surface area contributed by atoms with E-state index in [1.165, 1.54) is 0 Å². The second kappa shape index (κ2) is 3.26. The van der Waals surface area contributed by atoms with Crippen LogP contribution in [0.2, 0.25) is 5.02 Å². The molecule has 0 N–H and O–H groups in total. The van der Waals surface area contributed by atoms with Crippen LogP contribution in [0.3, 0.4) is 0 Å². The Kier molecular flexibility index (Phi) is 2.52. The molecule has 66 valence electrons. The maximum atomic E-state index is 12.4. The monoisotopic (exact) mass is 199 g/mol. The lowest BCUT2D eigenvalue weighted by molar-refractivity contribution is 0.144. The summed E-state index contributed by atoms with van der Waals surface area (Å²) in [5, 5.41) is -0.696. The van der Waals surface area contributed by atoms with Gasteiger partial charge in [-0.15, -0.1) is 0 Å². The van der Waals surface area contributed by atoms with Gasteiger partial charge in [-0.25, -0.2) is 18.2 Å². The van der Waals surface area contributed by atoms with Crippen molar-refractivity contribution in [2.45, 2.75) is 6.43 Å². The van der Waals surface area contributed by atoms with E-state index < -0.39 is 28.9 Å². The summed E-state index contributed by atoms with van der Waals surface area (Å²) in [6, 6.07) is 0.588. The zero-order valence-corrected chi connectivity index (χ0v) is 6.25. The van der Waals surface area contributed by atoms with Crippen LogP contribution in [0.15, 0.2) is 6.07 Å². The highest BCUT2D eigenvalue weighted by Crippen LogP contribution is 2.23. The van der Waals surface area contributed by atoms with E-state index in [1.54, 1.807) is 0 Å². The summed E-state index contributed by atoms with van der Waals surface area (Å²) < 4.78 is 48.4. The molecule has 6 heteroatoms. The van der Waals surface area contributed by atoms with Crippen molar-refractivity contribution in [2.24, 2.45) is 0 Å². The van der Waals surface area contributed by atoms with E-state index in [0.717, 1.165) is 0 Å². The first-order valence-electron chi connectivity index (χ1n) is 2.82. The molecule has 0 saturated heterocycles. The summed E-state index contributed by atoms with van der Waals surface area (Å²) >= 11 is 5.07. The van der Waals surface area contributed by atoms with Gasteiger partial charge in [-0.2, -0.15) is 4.39 Å². The Balaban J connectivity index is 3.21. The van der Waals surface area contributed by atoms with Crippen LogP contribution in [0.4, 0.5) is 17.6 Å². The van der Waals surface area contributed by atoms with Crippen LogP contribution < -0.4 is 0 Å². The van der Waals surface area contributed by atoms with E-state index in [4.69, 9.17) is 11.6 Å². The number of halogens is 5. The van der Waals surface area contributed by atoms with Gasteiger partial charge < -0.3 is 0 Å². The minimum atomic E-state index is -2.96. The second-order valence-electron chi connectivity index (χ2n) is 1.93. The van der Waals surface area contributed by atoms with Crippen molar-refractivity contribution in [3.63, 3.8) is 0 Å². The highest BCUT2D eigenvalue weighted by molar-refractivity contribution is 6.30. The van der Waals surface area contributed by atoms with Gasteiger partial charge in [-0.05, 0) is 6.07 Å². The number of hydrogen-bond donors (Lipinski definition) is 0. The molecule has 0 bridgehead atoms. The third kappa shape index (κ3) is 1.66. The third-order valence-corrected chi connectivity index (χ3v) is 1.39. The van der Waals surface area contributed by atoms with Crippen molar-refractivity contribution in [1.29, 1.82) is 0 Å². The molecular weight excluding hydrogens is 198 g/mol. The molecule has 1 aromatic heterocycles. The van der Waals surface area contributed by atoms with Crippen LogP contribution in [-0.4, -0.2) is 4.98 Å². The average Bonchev–Trinajstić information content (AvgIpc) is 1.99. The predicted molar refractivity (Wildman–Crippen MR) is 34.1 cm³/mol. The van der Waals surface area contributed by atoms with Gasteiger partial charge in [0, 0.05) is 0 Å². The highest BCUT2D eigenvalue weighted by atomic mass is 35.5. The van der Waals surface area contributed by atoms with E-state index in [9.17, 15) is 17.6 Å². The van der Waals surface area contributed by atoms with E-state index in [0.29, 0.717) is 6.07 Å². The summed E-state index contributed by atoms with van der Waals surface area (Å²) in [6.07, 6.45) is -2.96. The molecule has 1 nitrogen and oxygen atoms in total. The van der Waals surface area contributed by atoms with Gasteiger partial charge in [0.05, 0.1) is 5.02 Å². The van der Waals surface area contributed by atoms with Gasteiger partial charge in [0.2, 0.25) is 0 Å². The van der Waals surface area contributed by atoms with Gasteiger partial charge in [-0.1, -0.05) is 11.6 Å². The first-order chi connectivity index (χ1) is 5.52. The molecule has 0 aromatic carbocycles. The van der Waals surface area contributed by atoms with Gasteiger partial charge in [-0.3, -0.25) is 0 Å². The molecule has 0 aliphatic carbocycles. The van der Waals surface area contributed by atoms with Gasteiger partial charge in [0.25, 0.3) is 12.4 Å². The molecule has 0 aliphatic heterocycles. The summed E-state index contributed by atoms with van der Waals surface area (Å²) in [5.74, 6) is -3.03. The van der Waals surface area contributed by atoms with Gasteiger partial charge in [0.15, 0.2) is 5.82 Å². The van der Waals surface area contributed by atoms with Crippen LogP contribution in [0.25, 0.3) is 0 Å². The lowest BCUT2D eigenvalue weighted by Gasteiger charge is -2.00.